The molecule has 7 aliphatic rings. The summed E-state index contributed by atoms with van der Waals surface area (Å²) in [5.74, 6) is 2.53. The molecule has 2 nitrogen and oxygen atoms in total. The Labute approximate surface area is 344 Å². The van der Waals surface area contributed by atoms with Crippen LogP contribution < -0.4 is 9.80 Å². The van der Waals surface area contributed by atoms with Crippen molar-refractivity contribution in [2.75, 3.05) is 9.80 Å². The molecule has 0 spiro atoms. The van der Waals surface area contributed by atoms with Gasteiger partial charge < -0.3 is 9.80 Å². The maximum absolute atomic E-state index is 2.59. The number of hydrogen-bond donors (Lipinski definition) is 0. The fourth-order valence-electron chi connectivity index (χ4n) is 11.3. The highest BCUT2D eigenvalue weighted by Crippen LogP contribution is 2.54. The Morgan fingerprint density at radius 3 is 1.60 bits per heavy atom. The minimum Gasteiger partial charge on any atom is -0.310 e. The van der Waals surface area contributed by atoms with Crippen LogP contribution in [0, 0.1) is 11.8 Å². The molecule has 0 radical (unpaired) electrons. The lowest BCUT2D eigenvalue weighted by Gasteiger charge is -2.31. The van der Waals surface area contributed by atoms with Gasteiger partial charge in [-0.1, -0.05) is 123 Å². The highest BCUT2D eigenvalue weighted by molar-refractivity contribution is 5.86. The molecule has 0 aromatic heterocycles. The van der Waals surface area contributed by atoms with Gasteiger partial charge in [0.2, 0.25) is 0 Å². The van der Waals surface area contributed by atoms with Crippen LogP contribution in [0.5, 0.6) is 0 Å². The van der Waals surface area contributed by atoms with Crippen molar-refractivity contribution in [1.29, 1.82) is 0 Å². The third-order valence-electron chi connectivity index (χ3n) is 14.3. The number of aryl methyl sites for hydroxylation is 4. The van der Waals surface area contributed by atoms with Crippen LogP contribution in [0.3, 0.4) is 0 Å². The van der Waals surface area contributed by atoms with Crippen LogP contribution in [0.1, 0.15) is 84.4 Å². The van der Waals surface area contributed by atoms with Crippen molar-refractivity contribution in [1.82, 2.24) is 0 Å². The van der Waals surface area contributed by atoms with Crippen molar-refractivity contribution in [3.05, 3.63) is 203 Å². The topological polar surface area (TPSA) is 6.48 Å². The molecule has 3 unspecified atom stereocenters. The molecule has 7 aliphatic carbocycles. The molecule has 7 aromatic rings. The summed E-state index contributed by atoms with van der Waals surface area (Å²) in [5, 5.41) is 0. The first-order chi connectivity index (χ1) is 28.5. The molecule has 6 bridgehead atoms. The van der Waals surface area contributed by atoms with Crippen LogP contribution in [-0.4, -0.2) is 0 Å². The lowest BCUT2D eigenvalue weighted by Crippen LogP contribution is -2.18. The molecule has 58 heavy (non-hydrogen) atoms. The van der Waals surface area contributed by atoms with Crippen LogP contribution in [0.25, 0.3) is 11.1 Å². The minimum atomic E-state index is -0.0716. The lowest BCUT2D eigenvalue weighted by molar-refractivity contribution is 0.420. The van der Waals surface area contributed by atoms with E-state index in [2.05, 4.69) is 187 Å². The predicted molar refractivity (Wildman–Crippen MR) is 243 cm³/mol. The molecule has 0 saturated heterocycles. The van der Waals surface area contributed by atoms with Crippen LogP contribution >= 0.6 is 0 Å². The predicted octanol–water partition coefficient (Wildman–Crippen LogP) is 14.7. The molecule has 0 N–H and O–H groups in total. The van der Waals surface area contributed by atoms with Gasteiger partial charge in [0.15, 0.2) is 0 Å². The summed E-state index contributed by atoms with van der Waals surface area (Å²) >= 11 is 0. The molecule has 14 rings (SSSR count). The van der Waals surface area contributed by atoms with Gasteiger partial charge in [0.05, 0.1) is 0 Å². The van der Waals surface area contributed by atoms with Crippen LogP contribution in [0.15, 0.2) is 164 Å². The first-order valence-electron chi connectivity index (χ1n) is 21.8. The third-order valence-corrected chi connectivity index (χ3v) is 14.3. The zero-order valence-electron chi connectivity index (χ0n) is 33.9. The molecule has 0 amide bonds. The molecule has 2 saturated carbocycles. The fraction of sp³-hybridized carbons (Fsp3) is 0.250. The first kappa shape index (κ1) is 35.3. The minimum absolute atomic E-state index is 0.0716. The van der Waals surface area contributed by atoms with Gasteiger partial charge in [-0.25, -0.2) is 0 Å². The van der Waals surface area contributed by atoms with E-state index in [-0.39, 0.29) is 5.41 Å². The molecule has 7 aromatic carbocycles. The van der Waals surface area contributed by atoms with E-state index in [1.165, 1.54) is 110 Å². The number of rotatable bonds is 7. The molecule has 2 fully saturated rings. The SMILES string of the molecule is CC1(C)c2ccccc2-c2ccc(N(c3ccc(C4CC5CCC4C5)cc3)c3cc4ccc3CCc3ccc(c(N(c5ccccc5)c5ccccc5)c3)CC4)cc21. The van der Waals surface area contributed by atoms with Crippen molar-refractivity contribution >= 4 is 34.1 Å². The van der Waals surface area contributed by atoms with Crippen LogP contribution in [0.2, 0.25) is 0 Å². The maximum atomic E-state index is 2.59. The third kappa shape index (κ3) is 6.08. The number of fused-ring (bicyclic) bond motifs is 5. The van der Waals surface area contributed by atoms with Gasteiger partial charge in [-0.3, -0.25) is 0 Å². The van der Waals surface area contributed by atoms with Gasteiger partial charge in [-0.05, 0) is 173 Å². The number of nitrogens with zero attached hydrogens (tertiary/aromatic N) is 2. The Hall–Kier alpha value is -5.86. The van der Waals surface area contributed by atoms with Gasteiger partial charge in [0, 0.05) is 39.5 Å². The zero-order valence-corrected chi connectivity index (χ0v) is 33.9. The van der Waals surface area contributed by atoms with Gasteiger partial charge in [-0.2, -0.15) is 0 Å². The quantitative estimate of drug-likeness (QED) is 0.160. The number of para-hydroxylation sites is 2. The van der Waals surface area contributed by atoms with E-state index in [1.54, 1.807) is 0 Å². The van der Waals surface area contributed by atoms with Crippen molar-refractivity contribution < 1.29 is 0 Å². The number of hydrogen-bond acceptors (Lipinski definition) is 2. The summed E-state index contributed by atoms with van der Waals surface area (Å²) in [6.07, 6.45) is 9.48. The molecule has 2 heteroatoms. The average molecular weight is 753 g/mol. The Bertz CT molecular complexity index is 2580. The smallest absolute Gasteiger partial charge is 0.0496 e. The van der Waals surface area contributed by atoms with Gasteiger partial charge in [0.1, 0.15) is 0 Å². The second-order valence-electron chi connectivity index (χ2n) is 18.0. The Kier molecular flexibility index (Phi) is 8.65. The fourth-order valence-corrected chi connectivity index (χ4v) is 11.3. The van der Waals surface area contributed by atoms with E-state index in [9.17, 15) is 0 Å². The van der Waals surface area contributed by atoms with E-state index < -0.39 is 0 Å². The summed E-state index contributed by atoms with van der Waals surface area (Å²) < 4.78 is 0. The van der Waals surface area contributed by atoms with Gasteiger partial charge >= 0.3 is 0 Å². The second-order valence-corrected chi connectivity index (χ2v) is 18.0. The zero-order chi connectivity index (χ0) is 38.8. The Morgan fingerprint density at radius 2 is 1.00 bits per heavy atom. The average Bonchev–Trinajstić information content (AvgIpc) is 3.96. The summed E-state index contributed by atoms with van der Waals surface area (Å²) in [6.45, 7) is 4.80. The second kappa shape index (κ2) is 14.2. The lowest BCUT2D eigenvalue weighted by atomic mass is 9.82. The van der Waals surface area contributed by atoms with E-state index in [0.717, 1.165) is 43.4 Å². The first-order valence-corrected chi connectivity index (χ1v) is 21.8. The van der Waals surface area contributed by atoms with E-state index in [1.807, 2.05) is 0 Å². The molecule has 3 atom stereocenters. The molecule has 0 heterocycles. The standard InChI is InChI=1S/C56H52N2/c1-56(2)52-16-10-9-15-49(52)50-32-31-48(37-53(50)56)58(47-29-27-41(28-30-47)51-34-40-21-26-44(51)33-40)55-36-39-18-23-42-22-17-38(19-24-43(55)25-20-39)35-54(42)57(45-11-5-3-6-12-45)46-13-7-4-8-14-46/h3-17,20,22,25,27-32,35-37,40,44,51H,18-19,21,23-24,26,33-34H2,1-2H3. The summed E-state index contributed by atoms with van der Waals surface area (Å²) in [6, 6.07) is 62.4. The summed E-state index contributed by atoms with van der Waals surface area (Å²) in [5.41, 5.74) is 20.0. The summed E-state index contributed by atoms with van der Waals surface area (Å²) in [7, 11) is 0. The van der Waals surface area contributed by atoms with Gasteiger partial charge in [-0.15, -0.1) is 0 Å². The van der Waals surface area contributed by atoms with Crippen LogP contribution in [0.4, 0.5) is 34.1 Å². The highest BCUT2D eigenvalue weighted by Gasteiger charge is 2.40. The Balaban J connectivity index is 1.01. The van der Waals surface area contributed by atoms with E-state index >= 15 is 0 Å². The summed E-state index contributed by atoms with van der Waals surface area (Å²) in [4.78, 5) is 5.04. The maximum Gasteiger partial charge on any atom is 0.0496 e. The van der Waals surface area contributed by atoms with Crippen molar-refractivity contribution in [3.63, 3.8) is 0 Å². The van der Waals surface area contributed by atoms with Crippen molar-refractivity contribution in [2.45, 2.75) is 76.5 Å². The normalized spacial score (nSPS) is 19.7. The monoisotopic (exact) mass is 752 g/mol. The molecular formula is C56H52N2. The molecular weight excluding hydrogens is 701 g/mol. The Morgan fingerprint density at radius 1 is 0.448 bits per heavy atom. The highest BCUT2D eigenvalue weighted by atomic mass is 15.2. The molecule has 0 aliphatic heterocycles. The van der Waals surface area contributed by atoms with Crippen molar-refractivity contribution in [2.24, 2.45) is 11.8 Å². The van der Waals surface area contributed by atoms with Crippen molar-refractivity contribution in [3.8, 4) is 11.1 Å². The molecule has 286 valence electrons. The number of benzene rings is 7. The number of anilines is 6. The van der Waals surface area contributed by atoms with E-state index in [4.69, 9.17) is 0 Å². The van der Waals surface area contributed by atoms with Gasteiger partial charge in [0.25, 0.3) is 0 Å². The van der Waals surface area contributed by atoms with Crippen LogP contribution in [-0.2, 0) is 31.1 Å². The largest absolute Gasteiger partial charge is 0.310 e. The van der Waals surface area contributed by atoms with E-state index in [0.29, 0.717) is 0 Å².